The second kappa shape index (κ2) is 7.10. The van der Waals surface area contributed by atoms with Crippen molar-refractivity contribution in [2.24, 2.45) is 0 Å². The van der Waals surface area contributed by atoms with Gasteiger partial charge in [-0.15, -0.1) is 0 Å². The molecule has 0 fully saturated rings. The zero-order valence-electron chi connectivity index (χ0n) is 14.4. The Labute approximate surface area is 152 Å². The molecule has 0 atom stereocenters. The third kappa shape index (κ3) is 3.91. The van der Waals surface area contributed by atoms with E-state index in [2.05, 4.69) is 15.4 Å². The summed E-state index contributed by atoms with van der Waals surface area (Å²) in [6, 6.07) is 8.91. The van der Waals surface area contributed by atoms with Crippen LogP contribution in [0.1, 0.15) is 21.6 Å². The minimum absolute atomic E-state index is 0.184. The van der Waals surface area contributed by atoms with E-state index in [0.717, 1.165) is 12.3 Å². The number of pyridine rings is 1. The van der Waals surface area contributed by atoms with Gasteiger partial charge < -0.3 is 10.1 Å². The zero-order chi connectivity index (χ0) is 19.6. The molecule has 9 heteroatoms. The van der Waals surface area contributed by atoms with Crippen LogP contribution in [0.25, 0.3) is 5.82 Å². The van der Waals surface area contributed by atoms with Gasteiger partial charge in [-0.05, 0) is 43.3 Å². The van der Waals surface area contributed by atoms with E-state index in [1.54, 1.807) is 38.3 Å². The van der Waals surface area contributed by atoms with Gasteiger partial charge in [-0.1, -0.05) is 0 Å². The van der Waals surface area contributed by atoms with Gasteiger partial charge in [0.2, 0.25) is 0 Å². The van der Waals surface area contributed by atoms with Gasteiger partial charge in [0.25, 0.3) is 5.91 Å². The van der Waals surface area contributed by atoms with Gasteiger partial charge >= 0.3 is 6.18 Å². The molecule has 2 heterocycles. The van der Waals surface area contributed by atoms with E-state index in [1.165, 1.54) is 16.9 Å². The number of nitrogens with zero attached hydrogens (tertiary/aromatic N) is 3. The van der Waals surface area contributed by atoms with Gasteiger partial charge in [-0.2, -0.15) is 18.3 Å². The number of alkyl halides is 3. The van der Waals surface area contributed by atoms with Gasteiger partial charge in [-0.3, -0.25) is 4.79 Å². The molecule has 0 unspecified atom stereocenters. The first-order valence-corrected chi connectivity index (χ1v) is 7.83. The van der Waals surface area contributed by atoms with E-state index in [0.29, 0.717) is 17.1 Å². The fourth-order valence-electron chi connectivity index (χ4n) is 2.42. The summed E-state index contributed by atoms with van der Waals surface area (Å²) in [7, 11) is 1.54. The highest BCUT2D eigenvalue weighted by atomic mass is 19.4. The van der Waals surface area contributed by atoms with Crippen LogP contribution in [0.15, 0.2) is 48.8 Å². The summed E-state index contributed by atoms with van der Waals surface area (Å²) in [4.78, 5) is 16.2. The molecule has 3 rings (SSSR count). The molecule has 0 radical (unpaired) electrons. The standard InChI is InChI=1S/C18H15F3N4O2/c1-11-15(17(26)24-13-4-6-14(27-2)7-5-13)10-23-25(11)16-8-3-12(9-22-16)18(19,20)21/h3-10H,1-2H3,(H,24,26). The van der Waals surface area contributed by atoms with Gasteiger partial charge in [-0.25, -0.2) is 9.67 Å². The predicted molar refractivity (Wildman–Crippen MR) is 92.0 cm³/mol. The van der Waals surface area contributed by atoms with Crippen molar-refractivity contribution in [2.75, 3.05) is 12.4 Å². The number of rotatable bonds is 4. The number of benzene rings is 1. The van der Waals surface area contributed by atoms with E-state index < -0.39 is 17.6 Å². The first kappa shape index (κ1) is 18.4. The van der Waals surface area contributed by atoms with E-state index in [1.807, 2.05) is 0 Å². The Morgan fingerprint density at radius 1 is 1.11 bits per heavy atom. The number of nitrogens with one attached hydrogen (secondary N) is 1. The molecule has 140 valence electrons. The highest BCUT2D eigenvalue weighted by Crippen LogP contribution is 2.29. The number of anilines is 1. The molecule has 1 amide bonds. The van der Waals surface area contributed by atoms with Crippen LogP contribution in [0.4, 0.5) is 18.9 Å². The Kier molecular flexibility index (Phi) is 4.85. The highest BCUT2D eigenvalue weighted by molar-refractivity contribution is 6.05. The summed E-state index contributed by atoms with van der Waals surface area (Å²) in [5.41, 5.74) is 0.454. The lowest BCUT2D eigenvalue weighted by Gasteiger charge is -2.09. The number of hydrogen-bond acceptors (Lipinski definition) is 4. The second-order valence-corrected chi connectivity index (χ2v) is 5.64. The molecular formula is C18H15F3N4O2. The van der Waals surface area contributed by atoms with Crippen LogP contribution < -0.4 is 10.1 Å². The van der Waals surface area contributed by atoms with Crippen LogP contribution in [-0.2, 0) is 6.18 Å². The number of carbonyl (C=O) groups is 1. The molecule has 6 nitrogen and oxygen atoms in total. The molecule has 0 spiro atoms. The van der Waals surface area contributed by atoms with Crippen LogP contribution in [0.3, 0.4) is 0 Å². The SMILES string of the molecule is COc1ccc(NC(=O)c2cnn(-c3ccc(C(F)(F)F)cn3)c2C)cc1. The van der Waals surface area contributed by atoms with Crippen molar-refractivity contribution in [3.05, 3.63) is 65.6 Å². The van der Waals surface area contributed by atoms with E-state index in [-0.39, 0.29) is 11.4 Å². The van der Waals surface area contributed by atoms with Gasteiger partial charge in [0, 0.05) is 11.9 Å². The molecule has 2 aromatic heterocycles. The Hall–Kier alpha value is -3.36. The second-order valence-electron chi connectivity index (χ2n) is 5.64. The molecule has 1 aromatic carbocycles. The first-order valence-electron chi connectivity index (χ1n) is 7.83. The third-order valence-corrected chi connectivity index (χ3v) is 3.89. The summed E-state index contributed by atoms with van der Waals surface area (Å²) in [6.45, 7) is 1.63. The monoisotopic (exact) mass is 376 g/mol. The smallest absolute Gasteiger partial charge is 0.417 e. The van der Waals surface area contributed by atoms with Crippen LogP contribution >= 0.6 is 0 Å². The lowest BCUT2D eigenvalue weighted by Crippen LogP contribution is -2.13. The summed E-state index contributed by atoms with van der Waals surface area (Å²) >= 11 is 0. The lowest BCUT2D eigenvalue weighted by atomic mass is 10.2. The van der Waals surface area contributed by atoms with E-state index in [9.17, 15) is 18.0 Å². The fraction of sp³-hybridized carbons (Fsp3) is 0.167. The lowest BCUT2D eigenvalue weighted by molar-refractivity contribution is -0.137. The Balaban J connectivity index is 1.80. The minimum Gasteiger partial charge on any atom is -0.497 e. The number of ether oxygens (including phenoxy) is 1. The van der Waals surface area contributed by atoms with Gasteiger partial charge in [0.15, 0.2) is 5.82 Å². The van der Waals surface area contributed by atoms with Crippen molar-refractivity contribution in [3.63, 3.8) is 0 Å². The number of aromatic nitrogens is 3. The largest absolute Gasteiger partial charge is 0.497 e. The zero-order valence-corrected chi connectivity index (χ0v) is 14.4. The average Bonchev–Trinajstić information content (AvgIpc) is 3.03. The van der Waals surface area contributed by atoms with Crippen LogP contribution in [-0.4, -0.2) is 27.8 Å². The first-order chi connectivity index (χ1) is 12.8. The Morgan fingerprint density at radius 2 is 1.81 bits per heavy atom. The van der Waals surface area contributed by atoms with Crippen LogP contribution in [0.5, 0.6) is 5.75 Å². The van der Waals surface area contributed by atoms with Crippen molar-refractivity contribution >= 4 is 11.6 Å². The molecular weight excluding hydrogens is 361 g/mol. The predicted octanol–water partition coefficient (Wildman–Crippen LogP) is 3.86. The third-order valence-electron chi connectivity index (χ3n) is 3.89. The molecule has 1 N–H and O–H groups in total. The Morgan fingerprint density at radius 3 is 2.37 bits per heavy atom. The summed E-state index contributed by atoms with van der Waals surface area (Å²) in [5.74, 6) is 0.449. The number of carbonyl (C=O) groups excluding carboxylic acids is 1. The van der Waals surface area contributed by atoms with Crippen molar-refractivity contribution in [1.82, 2.24) is 14.8 Å². The summed E-state index contributed by atoms with van der Waals surface area (Å²) < 4.78 is 44.3. The van der Waals surface area contributed by atoms with Gasteiger partial charge in [0.1, 0.15) is 5.75 Å². The normalized spacial score (nSPS) is 11.3. The van der Waals surface area contributed by atoms with E-state index >= 15 is 0 Å². The maximum atomic E-state index is 12.6. The van der Waals surface area contributed by atoms with Crippen LogP contribution in [0, 0.1) is 6.92 Å². The van der Waals surface area contributed by atoms with Crippen molar-refractivity contribution < 1.29 is 22.7 Å². The highest BCUT2D eigenvalue weighted by Gasteiger charge is 2.30. The maximum Gasteiger partial charge on any atom is 0.417 e. The molecule has 0 aliphatic carbocycles. The number of amides is 1. The number of halogens is 3. The molecule has 0 bridgehead atoms. The van der Waals surface area contributed by atoms with Crippen LogP contribution in [0.2, 0.25) is 0 Å². The Bertz CT molecular complexity index is 948. The number of methoxy groups -OCH3 is 1. The van der Waals surface area contributed by atoms with Crippen molar-refractivity contribution in [2.45, 2.75) is 13.1 Å². The quantitative estimate of drug-likeness (QED) is 0.751. The molecule has 0 saturated heterocycles. The molecule has 3 aromatic rings. The summed E-state index contributed by atoms with van der Waals surface area (Å²) in [6.07, 6.45) is -2.39. The molecule has 0 aliphatic heterocycles. The molecule has 0 aliphatic rings. The van der Waals surface area contributed by atoms with Crippen molar-refractivity contribution in [1.29, 1.82) is 0 Å². The maximum absolute atomic E-state index is 12.6. The topological polar surface area (TPSA) is 69.0 Å². The van der Waals surface area contributed by atoms with E-state index in [4.69, 9.17) is 4.74 Å². The minimum atomic E-state index is -4.46. The fourth-order valence-corrected chi connectivity index (χ4v) is 2.42. The average molecular weight is 376 g/mol. The molecule has 0 saturated carbocycles. The van der Waals surface area contributed by atoms with Crippen molar-refractivity contribution in [3.8, 4) is 11.6 Å². The van der Waals surface area contributed by atoms with Gasteiger partial charge in [0.05, 0.1) is 30.1 Å². The number of hydrogen-bond donors (Lipinski definition) is 1. The molecule has 27 heavy (non-hydrogen) atoms. The summed E-state index contributed by atoms with van der Waals surface area (Å²) in [5, 5.41) is 6.79.